The van der Waals surface area contributed by atoms with E-state index in [0.29, 0.717) is 0 Å². The van der Waals surface area contributed by atoms with E-state index in [9.17, 15) is 9.90 Å². The van der Waals surface area contributed by atoms with E-state index < -0.39 is 6.10 Å². The van der Waals surface area contributed by atoms with Gasteiger partial charge in [0.25, 0.3) is 0 Å². The molecule has 0 spiro atoms. The van der Waals surface area contributed by atoms with Gasteiger partial charge in [-0.05, 0) is 29.7 Å². The van der Waals surface area contributed by atoms with Crippen LogP contribution in [0.4, 0.5) is 5.69 Å². The first-order valence-electron chi connectivity index (χ1n) is 8.13. The molecule has 0 radical (unpaired) electrons. The molecule has 1 fully saturated rings. The fraction of sp³-hybridized carbons (Fsp3) is 0.500. The summed E-state index contributed by atoms with van der Waals surface area (Å²) in [6.45, 7) is 7.47. The molecule has 1 aromatic rings. The molecule has 1 atom stereocenters. The Balaban J connectivity index is 1.83. The number of carbonyl (C=O) groups excluding carboxylic acids is 1. The Bertz CT molecular complexity index is 520. The van der Waals surface area contributed by atoms with Gasteiger partial charge in [0.15, 0.2) is 0 Å². The molecule has 2 rings (SSSR count). The average molecular weight is 318 g/mol. The van der Waals surface area contributed by atoms with Crippen LogP contribution in [0.25, 0.3) is 6.08 Å². The molecule has 1 saturated heterocycles. The van der Waals surface area contributed by atoms with Gasteiger partial charge >= 0.3 is 0 Å². The molecule has 1 amide bonds. The van der Waals surface area contributed by atoms with Crippen LogP contribution in [0.15, 0.2) is 30.3 Å². The minimum absolute atomic E-state index is 0.131. The van der Waals surface area contributed by atoms with Gasteiger partial charge in [-0.2, -0.15) is 0 Å². The summed E-state index contributed by atoms with van der Waals surface area (Å²) in [7, 11) is 0. The maximum Gasteiger partial charge on any atom is 0.244 e. The average Bonchev–Trinajstić information content (AvgIpc) is 2.59. The van der Waals surface area contributed by atoms with Gasteiger partial charge in [0.2, 0.25) is 5.91 Å². The summed E-state index contributed by atoms with van der Waals surface area (Å²) in [5.74, 6) is -0.0611. The van der Waals surface area contributed by atoms with Crippen LogP contribution in [-0.4, -0.2) is 50.0 Å². The van der Waals surface area contributed by atoms with Crippen LogP contribution in [0.3, 0.4) is 0 Å². The van der Waals surface area contributed by atoms with E-state index in [1.54, 1.807) is 6.08 Å². The molecule has 5 nitrogen and oxygen atoms in total. The zero-order valence-corrected chi connectivity index (χ0v) is 13.9. The first-order valence-corrected chi connectivity index (χ1v) is 8.13. The van der Waals surface area contributed by atoms with Gasteiger partial charge in [-0.3, -0.25) is 4.79 Å². The van der Waals surface area contributed by atoms with E-state index in [2.05, 4.69) is 22.3 Å². The molecule has 0 bridgehead atoms. The number of nitrogens with zero attached hydrogens (tertiary/aromatic N) is 1. The van der Waals surface area contributed by atoms with Crippen molar-refractivity contribution in [3.8, 4) is 0 Å². The Kier molecular flexibility index (Phi) is 6.62. The van der Waals surface area contributed by atoms with Gasteiger partial charge in [0.1, 0.15) is 0 Å². The molecule has 1 aromatic carbocycles. The van der Waals surface area contributed by atoms with Gasteiger partial charge < -0.3 is 20.1 Å². The summed E-state index contributed by atoms with van der Waals surface area (Å²) in [5.41, 5.74) is 2.15. The number of hydrogen-bond acceptors (Lipinski definition) is 4. The molecule has 0 aromatic heterocycles. The number of nitrogens with one attached hydrogen (secondary N) is 1. The Labute approximate surface area is 137 Å². The number of rotatable bonds is 6. The van der Waals surface area contributed by atoms with Gasteiger partial charge in [-0.25, -0.2) is 0 Å². The van der Waals surface area contributed by atoms with E-state index in [0.717, 1.165) is 31.9 Å². The fourth-order valence-corrected chi connectivity index (χ4v) is 2.29. The van der Waals surface area contributed by atoms with Crippen molar-refractivity contribution in [2.45, 2.75) is 20.0 Å². The van der Waals surface area contributed by atoms with Crippen LogP contribution in [0.2, 0.25) is 0 Å². The van der Waals surface area contributed by atoms with Crippen molar-refractivity contribution in [1.29, 1.82) is 0 Å². The zero-order chi connectivity index (χ0) is 16.7. The number of amides is 1. The van der Waals surface area contributed by atoms with Crippen molar-refractivity contribution in [2.24, 2.45) is 5.92 Å². The zero-order valence-electron chi connectivity index (χ0n) is 13.9. The van der Waals surface area contributed by atoms with E-state index in [1.165, 1.54) is 11.8 Å². The van der Waals surface area contributed by atoms with Crippen LogP contribution >= 0.6 is 0 Å². The second kappa shape index (κ2) is 8.70. The van der Waals surface area contributed by atoms with Gasteiger partial charge in [-0.15, -0.1) is 0 Å². The Morgan fingerprint density at radius 2 is 1.96 bits per heavy atom. The van der Waals surface area contributed by atoms with Crippen molar-refractivity contribution >= 4 is 17.7 Å². The van der Waals surface area contributed by atoms with Crippen LogP contribution in [-0.2, 0) is 9.53 Å². The summed E-state index contributed by atoms with van der Waals surface area (Å²) in [5, 5.41) is 12.4. The predicted molar refractivity (Wildman–Crippen MR) is 92.4 cm³/mol. The third-order valence-electron chi connectivity index (χ3n) is 3.95. The second-order valence-electron chi connectivity index (χ2n) is 6.08. The molecule has 1 aliphatic heterocycles. The number of carbonyl (C=O) groups is 1. The molecule has 1 unspecified atom stereocenters. The number of aliphatic hydroxyl groups excluding tert-OH is 1. The normalized spacial score (nSPS) is 16.8. The molecule has 5 heteroatoms. The van der Waals surface area contributed by atoms with Crippen LogP contribution in [0.5, 0.6) is 0 Å². The maximum absolute atomic E-state index is 11.7. The first kappa shape index (κ1) is 17.5. The number of benzene rings is 1. The largest absolute Gasteiger partial charge is 0.391 e. The van der Waals surface area contributed by atoms with Gasteiger partial charge in [-0.1, -0.05) is 26.0 Å². The SMILES string of the molecule is CC(C)C(O)CNC(=O)/C=C/c1ccc(N2CCOCC2)cc1. The number of aliphatic hydroxyl groups is 1. The molecular weight excluding hydrogens is 292 g/mol. The third-order valence-corrected chi connectivity index (χ3v) is 3.95. The number of anilines is 1. The topological polar surface area (TPSA) is 61.8 Å². The highest BCUT2D eigenvalue weighted by Crippen LogP contribution is 2.17. The van der Waals surface area contributed by atoms with Crippen molar-refractivity contribution in [1.82, 2.24) is 5.32 Å². The van der Waals surface area contributed by atoms with Crippen LogP contribution in [0, 0.1) is 5.92 Å². The lowest BCUT2D eigenvalue weighted by Crippen LogP contribution is -2.36. The van der Waals surface area contributed by atoms with E-state index in [4.69, 9.17) is 4.74 Å². The first-order chi connectivity index (χ1) is 11.1. The van der Waals surface area contributed by atoms with Gasteiger partial charge in [0, 0.05) is 31.4 Å². The van der Waals surface area contributed by atoms with Crippen molar-refractivity contribution < 1.29 is 14.6 Å². The Hall–Kier alpha value is -1.85. The summed E-state index contributed by atoms with van der Waals surface area (Å²) >= 11 is 0. The monoisotopic (exact) mass is 318 g/mol. The highest BCUT2D eigenvalue weighted by atomic mass is 16.5. The highest BCUT2D eigenvalue weighted by molar-refractivity contribution is 5.91. The minimum Gasteiger partial charge on any atom is -0.391 e. The molecule has 23 heavy (non-hydrogen) atoms. The van der Waals surface area contributed by atoms with Gasteiger partial charge in [0.05, 0.1) is 19.3 Å². The smallest absolute Gasteiger partial charge is 0.244 e. The Morgan fingerprint density at radius 3 is 2.57 bits per heavy atom. The second-order valence-corrected chi connectivity index (χ2v) is 6.08. The van der Waals surface area contributed by atoms with Crippen LogP contribution < -0.4 is 10.2 Å². The summed E-state index contributed by atoms with van der Waals surface area (Å²) in [6.07, 6.45) is 2.76. The number of ether oxygens (including phenoxy) is 1. The fourth-order valence-electron chi connectivity index (χ4n) is 2.29. The molecule has 0 saturated carbocycles. The van der Waals surface area contributed by atoms with Crippen LogP contribution in [0.1, 0.15) is 19.4 Å². The number of hydrogen-bond donors (Lipinski definition) is 2. The molecule has 1 aliphatic rings. The lowest BCUT2D eigenvalue weighted by Gasteiger charge is -2.28. The summed E-state index contributed by atoms with van der Waals surface area (Å²) in [4.78, 5) is 14.0. The van der Waals surface area contributed by atoms with E-state index >= 15 is 0 Å². The molecule has 1 heterocycles. The predicted octanol–water partition coefficient (Wildman–Crippen LogP) is 1.67. The van der Waals surface area contributed by atoms with Crippen molar-refractivity contribution in [3.05, 3.63) is 35.9 Å². The minimum atomic E-state index is -0.514. The molecular formula is C18H26N2O3. The van der Waals surface area contributed by atoms with Crippen molar-refractivity contribution in [3.63, 3.8) is 0 Å². The van der Waals surface area contributed by atoms with E-state index in [1.807, 2.05) is 26.0 Å². The quantitative estimate of drug-likeness (QED) is 0.783. The lowest BCUT2D eigenvalue weighted by atomic mass is 10.1. The Morgan fingerprint density at radius 1 is 1.30 bits per heavy atom. The lowest BCUT2D eigenvalue weighted by molar-refractivity contribution is -0.117. The standard InChI is InChI=1S/C18H26N2O3/c1-14(2)17(21)13-19-18(22)8-5-15-3-6-16(7-4-15)20-9-11-23-12-10-20/h3-8,14,17,21H,9-13H2,1-2H3,(H,19,22)/b8-5+. The molecule has 126 valence electrons. The maximum atomic E-state index is 11.7. The molecule has 0 aliphatic carbocycles. The number of morpholine rings is 1. The van der Waals surface area contributed by atoms with Crippen molar-refractivity contribution in [2.75, 3.05) is 37.7 Å². The summed E-state index contributed by atoms with van der Waals surface area (Å²) < 4.78 is 5.35. The third kappa shape index (κ3) is 5.69. The van der Waals surface area contributed by atoms with E-state index in [-0.39, 0.29) is 18.4 Å². The molecule has 2 N–H and O–H groups in total. The highest BCUT2D eigenvalue weighted by Gasteiger charge is 2.11. The summed E-state index contributed by atoms with van der Waals surface area (Å²) in [6, 6.07) is 8.12.